The molecule has 2 heteroatoms. The first-order valence-corrected chi connectivity index (χ1v) is 9.13. The maximum atomic E-state index is 13.7. The second-order valence-electron chi connectivity index (χ2n) is 6.09. The Morgan fingerprint density at radius 3 is 2.29 bits per heavy atom. The summed E-state index contributed by atoms with van der Waals surface area (Å²) in [6.45, 7) is 2.24. The molecule has 24 heavy (non-hydrogen) atoms. The van der Waals surface area contributed by atoms with E-state index in [0.29, 0.717) is 10.6 Å². The Labute approximate surface area is 150 Å². The minimum Gasteiger partial charge on any atom is -0.206 e. The summed E-state index contributed by atoms with van der Waals surface area (Å²) >= 11 is 5.74. The second kappa shape index (κ2) is 10.2. The molecule has 0 aliphatic heterocycles. The van der Waals surface area contributed by atoms with Crippen LogP contribution in [0, 0.1) is 17.7 Å². The number of unbranched alkanes of at least 4 members (excludes halogenated alkanes) is 5. The van der Waals surface area contributed by atoms with Crippen molar-refractivity contribution in [3.63, 3.8) is 0 Å². The molecule has 2 aromatic rings. The van der Waals surface area contributed by atoms with Crippen molar-refractivity contribution >= 4 is 11.6 Å². The minimum atomic E-state index is -0.380. The Kier molecular flexibility index (Phi) is 7.86. The summed E-state index contributed by atoms with van der Waals surface area (Å²) in [4.78, 5) is 0. The van der Waals surface area contributed by atoms with Gasteiger partial charge in [-0.25, -0.2) is 4.39 Å². The highest BCUT2D eigenvalue weighted by Gasteiger charge is 1.99. The summed E-state index contributed by atoms with van der Waals surface area (Å²) in [5.74, 6) is 5.49. The molecule has 0 unspecified atom stereocenters. The Balaban J connectivity index is 1.85. The van der Waals surface area contributed by atoms with Gasteiger partial charge in [-0.05, 0) is 48.7 Å². The molecule has 2 rings (SSSR count). The molecule has 0 saturated carbocycles. The number of halogens is 2. The van der Waals surface area contributed by atoms with Gasteiger partial charge in [0.15, 0.2) is 0 Å². The van der Waals surface area contributed by atoms with Gasteiger partial charge >= 0.3 is 0 Å². The van der Waals surface area contributed by atoms with Gasteiger partial charge in [0.2, 0.25) is 0 Å². The van der Waals surface area contributed by atoms with Crippen molar-refractivity contribution in [3.8, 4) is 11.8 Å². The van der Waals surface area contributed by atoms with E-state index < -0.39 is 0 Å². The number of hydrogen-bond donors (Lipinski definition) is 0. The van der Waals surface area contributed by atoms with Gasteiger partial charge < -0.3 is 0 Å². The smallest absolute Gasteiger partial charge is 0.140 e. The van der Waals surface area contributed by atoms with Crippen LogP contribution in [0.15, 0.2) is 42.5 Å². The lowest BCUT2D eigenvalue weighted by atomic mass is 10.0. The number of hydrogen-bond acceptors (Lipinski definition) is 0. The van der Waals surface area contributed by atoms with Gasteiger partial charge in [-0.15, -0.1) is 0 Å². The van der Waals surface area contributed by atoms with Crippen LogP contribution in [0.5, 0.6) is 0 Å². The fraction of sp³-hybridized carbons (Fsp3) is 0.364. The largest absolute Gasteiger partial charge is 0.206 e. The van der Waals surface area contributed by atoms with Crippen molar-refractivity contribution in [2.75, 3.05) is 0 Å². The van der Waals surface area contributed by atoms with Gasteiger partial charge in [-0.2, -0.15) is 0 Å². The molecule has 2 aromatic carbocycles. The van der Waals surface area contributed by atoms with E-state index in [0.717, 1.165) is 12.0 Å². The zero-order valence-corrected chi connectivity index (χ0v) is 15.0. The molecule has 0 nitrogen and oxygen atoms in total. The van der Waals surface area contributed by atoms with Crippen LogP contribution >= 0.6 is 11.6 Å². The summed E-state index contributed by atoms with van der Waals surface area (Å²) in [6.07, 6.45) is 8.99. The molecule has 0 aromatic heterocycles. The van der Waals surface area contributed by atoms with E-state index in [4.69, 9.17) is 11.6 Å². The van der Waals surface area contributed by atoms with Crippen LogP contribution in [-0.4, -0.2) is 0 Å². The summed E-state index contributed by atoms with van der Waals surface area (Å²) < 4.78 is 13.7. The SMILES string of the molecule is CCCCCCCCc1ccc(C#Cc2ccc(Cl)cc2F)cc1. The first-order chi connectivity index (χ1) is 11.7. The average Bonchev–Trinajstić information content (AvgIpc) is 2.58. The monoisotopic (exact) mass is 342 g/mol. The van der Waals surface area contributed by atoms with Crippen molar-refractivity contribution in [2.45, 2.75) is 51.9 Å². The van der Waals surface area contributed by atoms with Crippen molar-refractivity contribution < 1.29 is 4.39 Å². The molecule has 0 radical (unpaired) electrons. The first-order valence-electron chi connectivity index (χ1n) is 8.75. The van der Waals surface area contributed by atoms with E-state index in [9.17, 15) is 4.39 Å². The minimum absolute atomic E-state index is 0.371. The highest BCUT2D eigenvalue weighted by molar-refractivity contribution is 6.30. The molecule has 0 atom stereocenters. The van der Waals surface area contributed by atoms with Crippen molar-refractivity contribution in [2.24, 2.45) is 0 Å². The highest BCUT2D eigenvalue weighted by Crippen LogP contribution is 2.14. The van der Waals surface area contributed by atoms with Crippen LogP contribution in [0.4, 0.5) is 4.39 Å². The van der Waals surface area contributed by atoms with Crippen LogP contribution < -0.4 is 0 Å². The summed E-state index contributed by atoms with van der Waals surface area (Å²) in [5, 5.41) is 0.386. The fourth-order valence-corrected chi connectivity index (χ4v) is 2.75. The predicted molar refractivity (Wildman–Crippen MR) is 101 cm³/mol. The van der Waals surface area contributed by atoms with E-state index >= 15 is 0 Å². The van der Waals surface area contributed by atoms with Crippen LogP contribution in [-0.2, 0) is 6.42 Å². The van der Waals surface area contributed by atoms with E-state index in [2.05, 4.69) is 30.9 Å². The molecule has 0 bridgehead atoms. The average molecular weight is 343 g/mol. The zero-order chi connectivity index (χ0) is 17.2. The fourth-order valence-electron chi connectivity index (χ4n) is 2.59. The number of benzene rings is 2. The lowest BCUT2D eigenvalue weighted by molar-refractivity contribution is 0.607. The van der Waals surface area contributed by atoms with Gasteiger partial charge in [-0.1, -0.05) is 74.6 Å². The summed E-state index contributed by atoms with van der Waals surface area (Å²) in [6, 6.07) is 12.8. The van der Waals surface area contributed by atoms with Crippen LogP contribution in [0.25, 0.3) is 0 Å². The molecule has 0 fully saturated rings. The highest BCUT2D eigenvalue weighted by atomic mass is 35.5. The van der Waals surface area contributed by atoms with Gasteiger partial charge in [0, 0.05) is 10.6 Å². The van der Waals surface area contributed by atoms with Gasteiger partial charge in [0.05, 0.1) is 5.56 Å². The number of aryl methyl sites for hydroxylation is 1. The Morgan fingerprint density at radius 1 is 0.875 bits per heavy atom. The van der Waals surface area contributed by atoms with Crippen molar-refractivity contribution in [1.82, 2.24) is 0 Å². The standard InChI is InChI=1S/C22H24ClF/c1-2-3-4-5-6-7-8-18-9-11-19(12-10-18)13-14-20-15-16-21(23)17-22(20)24/h9-12,15-17H,2-8H2,1H3. The second-order valence-corrected chi connectivity index (χ2v) is 6.53. The van der Waals surface area contributed by atoms with Gasteiger partial charge in [0.25, 0.3) is 0 Å². The molecule has 0 spiro atoms. The molecule has 0 aliphatic rings. The summed E-state index contributed by atoms with van der Waals surface area (Å²) in [5.41, 5.74) is 2.61. The predicted octanol–water partition coefficient (Wildman–Crippen LogP) is 6.78. The third-order valence-electron chi connectivity index (χ3n) is 4.05. The Bertz CT molecular complexity index is 692. The van der Waals surface area contributed by atoms with E-state index in [1.54, 1.807) is 12.1 Å². The molecule has 126 valence electrons. The zero-order valence-electron chi connectivity index (χ0n) is 14.2. The molecular weight excluding hydrogens is 319 g/mol. The normalized spacial score (nSPS) is 10.3. The Hall–Kier alpha value is -1.78. The van der Waals surface area contributed by atoms with Crippen LogP contribution in [0.3, 0.4) is 0 Å². The molecule has 0 saturated heterocycles. The van der Waals surface area contributed by atoms with Crippen LogP contribution in [0.2, 0.25) is 5.02 Å². The van der Waals surface area contributed by atoms with E-state index in [1.807, 2.05) is 12.1 Å². The third-order valence-corrected chi connectivity index (χ3v) is 4.28. The topological polar surface area (TPSA) is 0 Å². The van der Waals surface area contributed by atoms with Crippen molar-refractivity contribution in [1.29, 1.82) is 0 Å². The molecule has 0 N–H and O–H groups in total. The quantitative estimate of drug-likeness (QED) is 0.384. The Morgan fingerprint density at radius 2 is 1.58 bits per heavy atom. The molecule has 0 aliphatic carbocycles. The van der Waals surface area contributed by atoms with E-state index in [-0.39, 0.29) is 5.82 Å². The third kappa shape index (κ3) is 6.38. The van der Waals surface area contributed by atoms with E-state index in [1.165, 1.54) is 50.2 Å². The van der Waals surface area contributed by atoms with Gasteiger partial charge in [0.1, 0.15) is 5.82 Å². The molecular formula is C22H24ClF. The van der Waals surface area contributed by atoms with Crippen molar-refractivity contribution in [3.05, 3.63) is 70.0 Å². The molecule has 0 heterocycles. The van der Waals surface area contributed by atoms with Crippen LogP contribution in [0.1, 0.15) is 62.1 Å². The maximum absolute atomic E-state index is 13.7. The lowest BCUT2D eigenvalue weighted by Crippen LogP contribution is -1.87. The summed E-state index contributed by atoms with van der Waals surface area (Å²) in [7, 11) is 0. The number of rotatable bonds is 7. The maximum Gasteiger partial charge on any atom is 0.140 e. The lowest BCUT2D eigenvalue weighted by Gasteiger charge is -2.02. The first kappa shape index (κ1) is 18.6. The van der Waals surface area contributed by atoms with Gasteiger partial charge in [-0.3, -0.25) is 0 Å². The molecule has 0 amide bonds.